The highest BCUT2D eigenvalue weighted by Gasteiger charge is 2.33. The van der Waals surface area contributed by atoms with Crippen molar-refractivity contribution in [2.45, 2.75) is 37.6 Å². The van der Waals surface area contributed by atoms with E-state index in [0.717, 1.165) is 17.9 Å². The number of nitrogens with one attached hydrogen (secondary N) is 1. The minimum absolute atomic E-state index is 0.0147. The molecule has 1 aliphatic heterocycles. The van der Waals surface area contributed by atoms with Crippen LogP contribution in [0.25, 0.3) is 0 Å². The molecule has 1 amide bonds. The smallest absolute Gasteiger partial charge is 0.306 e. The van der Waals surface area contributed by atoms with E-state index in [0.29, 0.717) is 25.4 Å². The predicted octanol–water partition coefficient (Wildman–Crippen LogP) is 2.66. The van der Waals surface area contributed by atoms with Gasteiger partial charge < -0.3 is 10.1 Å². The third kappa shape index (κ3) is 3.38. The molecule has 1 saturated carbocycles. The van der Waals surface area contributed by atoms with E-state index in [4.69, 9.17) is 16.3 Å². The molecule has 2 fully saturated rings. The second kappa shape index (κ2) is 6.06. The van der Waals surface area contributed by atoms with Gasteiger partial charge >= 0.3 is 5.97 Å². The first kappa shape index (κ1) is 14.4. The lowest BCUT2D eigenvalue weighted by Crippen LogP contribution is -2.43. The van der Waals surface area contributed by atoms with E-state index < -0.39 is 0 Å². The van der Waals surface area contributed by atoms with Crippen molar-refractivity contribution in [3.8, 4) is 0 Å². The van der Waals surface area contributed by atoms with Crippen LogP contribution in [0.3, 0.4) is 0 Å². The number of hydrogen-bond donors (Lipinski definition) is 1. The second-order valence-corrected chi connectivity index (χ2v) is 6.32. The van der Waals surface area contributed by atoms with E-state index in [9.17, 15) is 9.59 Å². The van der Waals surface area contributed by atoms with E-state index >= 15 is 0 Å². The van der Waals surface area contributed by atoms with Crippen molar-refractivity contribution >= 4 is 23.5 Å². The average molecular weight is 308 g/mol. The summed E-state index contributed by atoms with van der Waals surface area (Å²) in [5.41, 5.74) is 1.17. The Hall–Kier alpha value is -1.55. The van der Waals surface area contributed by atoms with Gasteiger partial charge in [-0.15, -0.1) is 0 Å². The number of benzene rings is 1. The molecule has 0 aromatic heterocycles. The maximum atomic E-state index is 11.9. The largest absolute Gasteiger partial charge is 0.465 e. The molecule has 1 aliphatic carbocycles. The molecule has 4 nitrogen and oxygen atoms in total. The molecule has 1 unspecified atom stereocenters. The molecule has 0 radical (unpaired) electrons. The Morgan fingerprint density at radius 3 is 2.76 bits per heavy atom. The fourth-order valence-corrected chi connectivity index (χ4v) is 3.33. The monoisotopic (exact) mass is 307 g/mol. The highest BCUT2D eigenvalue weighted by molar-refractivity contribution is 6.31. The highest BCUT2D eigenvalue weighted by atomic mass is 35.5. The summed E-state index contributed by atoms with van der Waals surface area (Å²) in [5.74, 6) is 0.286. The molecular formula is C16H18ClNO3. The van der Waals surface area contributed by atoms with Crippen LogP contribution in [0, 0.1) is 5.92 Å². The molecule has 1 aromatic carbocycles. The van der Waals surface area contributed by atoms with Crippen LogP contribution in [0.2, 0.25) is 5.02 Å². The summed E-state index contributed by atoms with van der Waals surface area (Å²) < 4.78 is 4.87. The van der Waals surface area contributed by atoms with E-state index in [1.54, 1.807) is 0 Å². The maximum Gasteiger partial charge on any atom is 0.306 e. The van der Waals surface area contributed by atoms with Crippen LogP contribution < -0.4 is 5.32 Å². The number of carbonyl (C=O) groups excluding carboxylic acids is 2. The second-order valence-electron chi connectivity index (χ2n) is 5.91. The zero-order valence-corrected chi connectivity index (χ0v) is 12.4. The van der Waals surface area contributed by atoms with Gasteiger partial charge in [0.15, 0.2) is 0 Å². The molecule has 1 atom stereocenters. The summed E-state index contributed by atoms with van der Waals surface area (Å²) in [6.07, 6.45) is 2.59. The van der Waals surface area contributed by atoms with Crippen molar-refractivity contribution in [3.05, 3.63) is 34.9 Å². The predicted molar refractivity (Wildman–Crippen MR) is 79.0 cm³/mol. The van der Waals surface area contributed by atoms with Gasteiger partial charge in [-0.05, 0) is 30.4 Å². The van der Waals surface area contributed by atoms with Gasteiger partial charge in [0.2, 0.25) is 5.91 Å². The van der Waals surface area contributed by atoms with Gasteiger partial charge in [0.25, 0.3) is 0 Å². The lowest BCUT2D eigenvalue weighted by Gasteiger charge is -2.36. The first-order valence-electron chi connectivity index (χ1n) is 7.31. The maximum absolute atomic E-state index is 11.9. The van der Waals surface area contributed by atoms with Crippen LogP contribution >= 0.6 is 11.6 Å². The molecule has 21 heavy (non-hydrogen) atoms. The first-order valence-corrected chi connectivity index (χ1v) is 7.69. The van der Waals surface area contributed by atoms with Crippen LogP contribution in [0.5, 0.6) is 0 Å². The van der Waals surface area contributed by atoms with Gasteiger partial charge in [0.05, 0.1) is 13.0 Å². The molecule has 2 aliphatic rings. The van der Waals surface area contributed by atoms with Crippen molar-refractivity contribution in [1.82, 2.24) is 5.32 Å². The fourth-order valence-electron chi connectivity index (χ4n) is 3.04. The Morgan fingerprint density at radius 1 is 1.33 bits per heavy atom. The quantitative estimate of drug-likeness (QED) is 0.870. The molecule has 1 aromatic rings. The normalized spacial score (nSPS) is 27.9. The Kier molecular flexibility index (Phi) is 4.15. The van der Waals surface area contributed by atoms with Gasteiger partial charge in [0.1, 0.15) is 0 Å². The zero-order chi connectivity index (χ0) is 14.8. The molecule has 0 spiro atoms. The topological polar surface area (TPSA) is 55.4 Å². The third-order valence-corrected chi connectivity index (χ3v) is 4.60. The first-order chi connectivity index (χ1) is 10.1. The minimum atomic E-state index is -0.199. The molecule has 3 rings (SSSR count). The van der Waals surface area contributed by atoms with Crippen LogP contribution in [0.4, 0.5) is 0 Å². The van der Waals surface area contributed by atoms with Gasteiger partial charge in [-0.25, -0.2) is 0 Å². The van der Waals surface area contributed by atoms with E-state index in [1.165, 1.54) is 5.56 Å². The van der Waals surface area contributed by atoms with Crippen molar-refractivity contribution in [2.24, 2.45) is 5.92 Å². The summed E-state index contributed by atoms with van der Waals surface area (Å²) in [6.45, 7) is 0.374. The number of hydrogen-bond acceptors (Lipinski definition) is 3. The minimum Gasteiger partial charge on any atom is -0.465 e. The van der Waals surface area contributed by atoms with E-state index in [1.807, 2.05) is 24.3 Å². The molecule has 5 heteroatoms. The average Bonchev–Trinajstić information content (AvgIpc) is 2.80. The third-order valence-electron chi connectivity index (χ3n) is 4.26. The SMILES string of the molecule is O=C(CC1COC(=O)C1)NC1CC(c2ccccc2Cl)C1. The van der Waals surface area contributed by atoms with E-state index in [2.05, 4.69) is 5.32 Å². The lowest BCUT2D eigenvalue weighted by atomic mass is 9.75. The number of halogens is 1. The van der Waals surface area contributed by atoms with Crippen molar-refractivity contribution in [1.29, 1.82) is 0 Å². The Bertz CT molecular complexity index is 554. The Morgan fingerprint density at radius 2 is 2.10 bits per heavy atom. The number of ether oxygens (including phenoxy) is 1. The van der Waals surface area contributed by atoms with Crippen LogP contribution in [-0.4, -0.2) is 24.5 Å². The summed E-state index contributed by atoms with van der Waals surface area (Å²) in [4.78, 5) is 22.9. The standard InChI is InChI=1S/C16H18ClNO3/c17-14-4-2-1-3-13(14)11-7-12(8-11)18-15(19)5-10-6-16(20)21-9-10/h1-4,10-12H,5-9H2,(H,18,19). The summed E-state index contributed by atoms with van der Waals surface area (Å²) >= 11 is 6.18. The van der Waals surface area contributed by atoms with Crippen LogP contribution in [0.15, 0.2) is 24.3 Å². The van der Waals surface area contributed by atoms with Gasteiger partial charge in [-0.3, -0.25) is 9.59 Å². The number of carbonyl (C=O) groups is 2. The molecule has 0 bridgehead atoms. The lowest BCUT2D eigenvalue weighted by molar-refractivity contribution is -0.138. The van der Waals surface area contributed by atoms with Crippen LogP contribution in [-0.2, 0) is 14.3 Å². The van der Waals surface area contributed by atoms with Gasteiger partial charge in [0, 0.05) is 23.4 Å². The molecule has 112 valence electrons. The molecule has 1 heterocycles. The highest BCUT2D eigenvalue weighted by Crippen LogP contribution is 2.39. The summed E-state index contributed by atoms with van der Waals surface area (Å²) in [6, 6.07) is 8.09. The molecule has 1 saturated heterocycles. The van der Waals surface area contributed by atoms with Crippen molar-refractivity contribution in [3.63, 3.8) is 0 Å². The van der Waals surface area contributed by atoms with Crippen molar-refractivity contribution < 1.29 is 14.3 Å². The van der Waals surface area contributed by atoms with Crippen molar-refractivity contribution in [2.75, 3.05) is 6.61 Å². The number of cyclic esters (lactones) is 1. The Balaban J connectivity index is 1.43. The van der Waals surface area contributed by atoms with Gasteiger partial charge in [-0.2, -0.15) is 0 Å². The summed E-state index contributed by atoms with van der Waals surface area (Å²) in [5, 5.41) is 3.83. The number of amides is 1. The fraction of sp³-hybridized carbons (Fsp3) is 0.500. The molecular weight excluding hydrogens is 290 g/mol. The summed E-state index contributed by atoms with van der Waals surface area (Å²) in [7, 11) is 0. The molecule has 1 N–H and O–H groups in total. The number of rotatable bonds is 4. The zero-order valence-electron chi connectivity index (χ0n) is 11.7. The van der Waals surface area contributed by atoms with Crippen LogP contribution in [0.1, 0.15) is 37.2 Å². The van der Waals surface area contributed by atoms with E-state index in [-0.39, 0.29) is 23.8 Å². The number of esters is 1. The Labute approximate surface area is 128 Å². The van der Waals surface area contributed by atoms with Gasteiger partial charge in [-0.1, -0.05) is 29.8 Å².